The molecule has 2 aliphatic rings. The second kappa shape index (κ2) is 10.8. The van der Waals surface area contributed by atoms with E-state index in [2.05, 4.69) is 16.0 Å². The molecule has 1 aromatic rings. The molecule has 1 aromatic heterocycles. The van der Waals surface area contributed by atoms with Gasteiger partial charge in [-0.15, -0.1) is 0 Å². The van der Waals surface area contributed by atoms with Gasteiger partial charge in [0, 0.05) is 19.1 Å². The zero-order valence-electron chi connectivity index (χ0n) is 17.0. The summed E-state index contributed by atoms with van der Waals surface area (Å²) in [7, 11) is 1.70. The molecule has 0 radical (unpaired) electrons. The minimum atomic E-state index is 0.633. The van der Waals surface area contributed by atoms with Gasteiger partial charge in [0.15, 0.2) is 0 Å². The number of aromatic nitrogens is 2. The number of unbranched alkanes of at least 4 members (excludes halogenated alkanes) is 3. The van der Waals surface area contributed by atoms with Gasteiger partial charge in [-0.1, -0.05) is 31.8 Å². The fraction of sp³-hybridized carbons (Fsp3) is 0.727. The number of nitrogens with two attached hydrogens (primary N) is 1. The van der Waals surface area contributed by atoms with Gasteiger partial charge in [-0.05, 0) is 63.7 Å². The zero-order valence-corrected chi connectivity index (χ0v) is 17.0. The Bertz CT molecular complexity index is 621. The van der Waals surface area contributed by atoms with E-state index in [-0.39, 0.29) is 0 Å². The third-order valence-electron chi connectivity index (χ3n) is 5.84. The lowest BCUT2D eigenvalue weighted by Gasteiger charge is -2.19. The van der Waals surface area contributed by atoms with E-state index >= 15 is 0 Å². The lowest BCUT2D eigenvalue weighted by molar-refractivity contribution is 0.200. The molecule has 5 heteroatoms. The molecule has 2 N–H and O–H groups in total. The highest BCUT2D eigenvalue weighted by Gasteiger charge is 2.20. The number of ether oxygens (including phenoxy) is 1. The number of fused-ring (bicyclic) bond motifs is 1. The number of allylic oxidation sites excluding steroid dienone is 2. The van der Waals surface area contributed by atoms with Crippen LogP contribution in [-0.4, -0.2) is 48.2 Å². The number of hydrogen-bond donors (Lipinski definition) is 1. The molecule has 1 saturated heterocycles. The summed E-state index contributed by atoms with van der Waals surface area (Å²) in [6, 6.07) is 0. The van der Waals surface area contributed by atoms with E-state index in [0.29, 0.717) is 12.4 Å². The molecule has 0 spiro atoms. The molecule has 1 fully saturated rings. The van der Waals surface area contributed by atoms with Crippen molar-refractivity contribution < 1.29 is 4.74 Å². The van der Waals surface area contributed by atoms with Gasteiger partial charge in [-0.2, -0.15) is 0 Å². The molecule has 0 atom stereocenters. The molecular weight excluding hydrogens is 336 g/mol. The Kier molecular flexibility index (Phi) is 8.09. The van der Waals surface area contributed by atoms with Crippen LogP contribution in [-0.2, 0) is 17.6 Å². The van der Waals surface area contributed by atoms with Gasteiger partial charge in [0.1, 0.15) is 11.6 Å². The van der Waals surface area contributed by atoms with Gasteiger partial charge < -0.3 is 15.4 Å². The molecule has 0 saturated carbocycles. The van der Waals surface area contributed by atoms with Crippen molar-refractivity contribution in [1.82, 2.24) is 14.9 Å². The Morgan fingerprint density at radius 2 is 1.78 bits per heavy atom. The SMILES string of the molecule is COCCc1nc(N)c2c(n1)C(CCCCCCN1CCCCCC1)=CC2. The number of methoxy groups -OCH3 is 1. The van der Waals surface area contributed by atoms with Gasteiger partial charge in [0.2, 0.25) is 0 Å². The Morgan fingerprint density at radius 3 is 2.56 bits per heavy atom. The van der Waals surface area contributed by atoms with Gasteiger partial charge >= 0.3 is 0 Å². The van der Waals surface area contributed by atoms with Crippen molar-refractivity contribution in [3.05, 3.63) is 23.2 Å². The molecule has 5 nitrogen and oxygen atoms in total. The van der Waals surface area contributed by atoms with E-state index in [1.54, 1.807) is 7.11 Å². The number of nitrogens with zero attached hydrogens (tertiary/aromatic N) is 3. The summed E-state index contributed by atoms with van der Waals surface area (Å²) < 4.78 is 5.15. The van der Waals surface area contributed by atoms with Crippen LogP contribution in [0.25, 0.3) is 5.57 Å². The minimum Gasteiger partial charge on any atom is -0.384 e. The van der Waals surface area contributed by atoms with Crippen LogP contribution in [0.2, 0.25) is 0 Å². The van der Waals surface area contributed by atoms with Crippen LogP contribution in [0.5, 0.6) is 0 Å². The first kappa shape index (κ1) is 20.3. The highest BCUT2D eigenvalue weighted by Crippen LogP contribution is 2.32. The molecular formula is C22H36N4O. The topological polar surface area (TPSA) is 64.3 Å². The van der Waals surface area contributed by atoms with Gasteiger partial charge in [0.05, 0.1) is 12.3 Å². The maximum Gasteiger partial charge on any atom is 0.133 e. The second-order valence-electron chi connectivity index (χ2n) is 7.95. The van der Waals surface area contributed by atoms with Crippen molar-refractivity contribution in [2.24, 2.45) is 0 Å². The van der Waals surface area contributed by atoms with Crippen LogP contribution in [0.4, 0.5) is 5.82 Å². The fourth-order valence-electron chi connectivity index (χ4n) is 4.23. The highest BCUT2D eigenvalue weighted by atomic mass is 16.5. The van der Waals surface area contributed by atoms with Crippen molar-refractivity contribution in [2.45, 2.75) is 70.6 Å². The van der Waals surface area contributed by atoms with E-state index in [1.165, 1.54) is 76.6 Å². The smallest absolute Gasteiger partial charge is 0.133 e. The molecule has 1 aliphatic heterocycles. The van der Waals surface area contributed by atoms with Gasteiger partial charge in [0.25, 0.3) is 0 Å². The summed E-state index contributed by atoms with van der Waals surface area (Å²) in [6.45, 7) is 4.55. The molecule has 0 unspecified atom stereocenters. The fourth-order valence-corrected chi connectivity index (χ4v) is 4.23. The number of anilines is 1. The maximum atomic E-state index is 6.15. The molecule has 27 heavy (non-hydrogen) atoms. The predicted molar refractivity (Wildman–Crippen MR) is 112 cm³/mol. The number of nitrogen functional groups attached to an aromatic ring is 1. The molecule has 150 valence electrons. The third-order valence-corrected chi connectivity index (χ3v) is 5.84. The maximum absolute atomic E-state index is 6.15. The van der Waals surface area contributed by atoms with Crippen LogP contribution in [0, 0.1) is 0 Å². The summed E-state index contributed by atoms with van der Waals surface area (Å²) in [5.74, 6) is 1.45. The largest absolute Gasteiger partial charge is 0.384 e. The van der Waals surface area contributed by atoms with Crippen LogP contribution in [0.3, 0.4) is 0 Å². The minimum absolute atomic E-state index is 0.633. The summed E-state index contributed by atoms with van der Waals surface area (Å²) in [5, 5.41) is 0. The average Bonchev–Trinajstić information content (AvgIpc) is 2.90. The quantitative estimate of drug-likeness (QED) is 0.629. The van der Waals surface area contributed by atoms with E-state index in [1.807, 2.05) is 0 Å². The Hall–Kier alpha value is -1.46. The van der Waals surface area contributed by atoms with Crippen LogP contribution in [0.1, 0.15) is 74.9 Å². The van der Waals surface area contributed by atoms with Crippen LogP contribution < -0.4 is 5.73 Å². The van der Waals surface area contributed by atoms with Crippen molar-refractivity contribution in [1.29, 1.82) is 0 Å². The third kappa shape index (κ3) is 6.01. The number of rotatable bonds is 10. The van der Waals surface area contributed by atoms with Gasteiger partial charge in [-0.3, -0.25) is 0 Å². The first-order valence-electron chi connectivity index (χ1n) is 10.8. The molecule has 0 bridgehead atoms. The van der Waals surface area contributed by atoms with Crippen molar-refractivity contribution in [3.63, 3.8) is 0 Å². The predicted octanol–water partition coefficient (Wildman–Crippen LogP) is 4.01. The first-order valence-corrected chi connectivity index (χ1v) is 10.8. The van der Waals surface area contributed by atoms with E-state index < -0.39 is 0 Å². The lowest BCUT2D eigenvalue weighted by atomic mass is 10.0. The van der Waals surface area contributed by atoms with Crippen LogP contribution in [0.15, 0.2) is 6.08 Å². The molecule has 2 heterocycles. The first-order chi connectivity index (χ1) is 13.3. The summed E-state index contributed by atoms with van der Waals surface area (Å²) >= 11 is 0. The zero-order chi connectivity index (χ0) is 18.9. The highest BCUT2D eigenvalue weighted by molar-refractivity contribution is 5.73. The van der Waals surface area contributed by atoms with Crippen molar-refractivity contribution in [2.75, 3.05) is 39.1 Å². The summed E-state index contributed by atoms with van der Waals surface area (Å²) in [5.41, 5.74) is 9.73. The van der Waals surface area contributed by atoms with E-state index in [0.717, 1.165) is 36.3 Å². The normalized spacial score (nSPS) is 17.6. The standard InChI is InChI=1S/C22H36N4O/c1-27-17-13-20-24-21-18(11-12-19(21)22(23)25-20)10-6-2-3-7-14-26-15-8-4-5-9-16-26/h11H,2-10,12-17H2,1H3,(H2,23,24,25). The molecule has 1 aliphatic carbocycles. The van der Waals surface area contributed by atoms with E-state index in [9.17, 15) is 0 Å². The van der Waals surface area contributed by atoms with Gasteiger partial charge in [-0.25, -0.2) is 9.97 Å². The van der Waals surface area contributed by atoms with Crippen LogP contribution >= 0.6 is 0 Å². The molecule has 3 rings (SSSR count). The number of likely N-dealkylation sites (tertiary alicyclic amines) is 1. The van der Waals surface area contributed by atoms with Crippen molar-refractivity contribution in [3.8, 4) is 0 Å². The summed E-state index contributed by atoms with van der Waals surface area (Å²) in [4.78, 5) is 11.9. The molecule has 0 aromatic carbocycles. The monoisotopic (exact) mass is 372 g/mol. The van der Waals surface area contributed by atoms with Crippen molar-refractivity contribution >= 4 is 11.4 Å². The second-order valence-corrected chi connectivity index (χ2v) is 7.95. The average molecular weight is 373 g/mol. The summed E-state index contributed by atoms with van der Waals surface area (Å²) in [6.07, 6.45) is 15.9. The molecule has 0 amide bonds. The lowest BCUT2D eigenvalue weighted by Crippen LogP contribution is -2.25. The Morgan fingerprint density at radius 1 is 1.00 bits per heavy atom. The number of hydrogen-bond acceptors (Lipinski definition) is 5. The Balaban J connectivity index is 1.39. The Labute approximate surface area is 164 Å². The van der Waals surface area contributed by atoms with E-state index in [4.69, 9.17) is 15.5 Å².